The third-order valence-corrected chi connectivity index (χ3v) is 4.35. The fourth-order valence-corrected chi connectivity index (χ4v) is 3.03. The van der Waals surface area contributed by atoms with E-state index >= 15 is 0 Å². The van der Waals surface area contributed by atoms with Crippen LogP contribution in [-0.2, 0) is 4.79 Å². The van der Waals surface area contributed by atoms with Gasteiger partial charge in [-0.25, -0.2) is 0 Å². The highest BCUT2D eigenvalue weighted by Gasteiger charge is 2.30. The number of methoxy groups -OCH3 is 1. The molecule has 1 aliphatic heterocycles. The molecule has 1 aromatic carbocycles. The normalized spacial score (nSPS) is 21.5. The molecule has 1 fully saturated rings. The summed E-state index contributed by atoms with van der Waals surface area (Å²) in [4.78, 5) is 14.3. The van der Waals surface area contributed by atoms with Gasteiger partial charge < -0.3 is 20.1 Å². The number of hydrogen-bond acceptors (Lipinski definition) is 4. The van der Waals surface area contributed by atoms with Gasteiger partial charge in [-0.3, -0.25) is 4.79 Å². The predicted octanol–water partition coefficient (Wildman–Crippen LogP) is 1.97. The van der Waals surface area contributed by atoms with E-state index in [9.17, 15) is 4.79 Å². The molecule has 5 heteroatoms. The molecule has 1 saturated heterocycles. The van der Waals surface area contributed by atoms with Crippen molar-refractivity contribution in [3.05, 3.63) is 23.8 Å². The number of ether oxygens (including phenoxy) is 2. The van der Waals surface area contributed by atoms with Crippen molar-refractivity contribution in [2.24, 2.45) is 11.7 Å². The van der Waals surface area contributed by atoms with Crippen LogP contribution >= 0.6 is 0 Å². The number of carbonyl (C=O) groups excluding carboxylic acids is 1. The molecule has 0 aromatic heterocycles. The predicted molar refractivity (Wildman–Crippen MR) is 86.2 cm³/mol. The molecule has 2 rings (SSSR count). The molecule has 0 spiro atoms. The SMILES string of the molecule is COc1cc(C)ccc1OCC(=O)N1CCC[C@@H](C)[C@@H]1CN. The first-order valence-electron chi connectivity index (χ1n) is 7.83. The number of amides is 1. The lowest BCUT2D eigenvalue weighted by Crippen LogP contribution is -2.52. The highest BCUT2D eigenvalue weighted by molar-refractivity contribution is 5.78. The molecule has 1 heterocycles. The van der Waals surface area contributed by atoms with E-state index in [0.29, 0.717) is 24.0 Å². The lowest BCUT2D eigenvalue weighted by molar-refractivity contribution is -0.138. The number of nitrogens with zero attached hydrogens (tertiary/aromatic N) is 1. The summed E-state index contributed by atoms with van der Waals surface area (Å²) in [6, 6.07) is 5.78. The Balaban J connectivity index is 2.00. The molecule has 1 aliphatic rings. The Hall–Kier alpha value is -1.75. The Morgan fingerprint density at radius 1 is 1.41 bits per heavy atom. The fraction of sp³-hybridized carbons (Fsp3) is 0.588. The van der Waals surface area contributed by atoms with Crippen molar-refractivity contribution in [2.75, 3.05) is 26.8 Å². The van der Waals surface area contributed by atoms with E-state index in [4.69, 9.17) is 15.2 Å². The highest BCUT2D eigenvalue weighted by Crippen LogP contribution is 2.28. The monoisotopic (exact) mass is 306 g/mol. The molecular formula is C17H26N2O3. The van der Waals surface area contributed by atoms with Crippen molar-refractivity contribution >= 4 is 5.91 Å². The summed E-state index contributed by atoms with van der Waals surface area (Å²) < 4.78 is 11.0. The Bertz CT molecular complexity index is 519. The lowest BCUT2D eigenvalue weighted by Gasteiger charge is -2.39. The minimum absolute atomic E-state index is 0.00960. The third kappa shape index (κ3) is 3.71. The maximum Gasteiger partial charge on any atom is 0.260 e. The largest absolute Gasteiger partial charge is 0.493 e. The number of nitrogens with two attached hydrogens (primary N) is 1. The van der Waals surface area contributed by atoms with Gasteiger partial charge in [-0.15, -0.1) is 0 Å². The Labute approximate surface area is 132 Å². The summed E-state index contributed by atoms with van der Waals surface area (Å²) in [7, 11) is 1.60. The Morgan fingerprint density at radius 3 is 2.86 bits per heavy atom. The topological polar surface area (TPSA) is 64.8 Å². The second-order valence-corrected chi connectivity index (χ2v) is 5.95. The van der Waals surface area contributed by atoms with Gasteiger partial charge in [0.25, 0.3) is 5.91 Å². The second kappa shape index (κ2) is 7.49. The van der Waals surface area contributed by atoms with Crippen molar-refractivity contribution in [2.45, 2.75) is 32.7 Å². The van der Waals surface area contributed by atoms with Gasteiger partial charge in [-0.05, 0) is 43.4 Å². The van der Waals surface area contributed by atoms with Crippen molar-refractivity contribution in [1.82, 2.24) is 4.90 Å². The van der Waals surface area contributed by atoms with E-state index in [-0.39, 0.29) is 18.6 Å². The molecule has 0 radical (unpaired) electrons. The first kappa shape index (κ1) is 16.6. The zero-order valence-electron chi connectivity index (χ0n) is 13.7. The zero-order valence-corrected chi connectivity index (χ0v) is 13.7. The summed E-state index contributed by atoms with van der Waals surface area (Å²) in [6.07, 6.45) is 2.15. The van der Waals surface area contributed by atoms with Gasteiger partial charge in [0, 0.05) is 19.1 Å². The number of aryl methyl sites for hydroxylation is 1. The number of rotatable bonds is 5. The average molecular weight is 306 g/mol. The minimum atomic E-state index is -0.00960. The van der Waals surface area contributed by atoms with Crippen LogP contribution in [0.1, 0.15) is 25.3 Å². The van der Waals surface area contributed by atoms with Crippen molar-refractivity contribution in [3.63, 3.8) is 0 Å². The lowest BCUT2D eigenvalue weighted by atomic mass is 9.91. The third-order valence-electron chi connectivity index (χ3n) is 4.35. The van der Waals surface area contributed by atoms with Gasteiger partial charge in [-0.1, -0.05) is 13.0 Å². The Morgan fingerprint density at radius 2 is 2.18 bits per heavy atom. The van der Waals surface area contributed by atoms with E-state index < -0.39 is 0 Å². The standard InChI is InChI=1S/C17H26N2O3/c1-12-6-7-15(16(9-12)21-3)22-11-17(20)19-8-4-5-13(2)14(19)10-18/h6-7,9,13-14H,4-5,8,10-11,18H2,1-3H3/t13-,14+/m1/s1. The molecule has 1 amide bonds. The summed E-state index contributed by atoms with van der Waals surface area (Å²) in [6.45, 7) is 5.42. The molecule has 0 saturated carbocycles. The van der Waals surface area contributed by atoms with E-state index in [1.54, 1.807) is 7.11 Å². The van der Waals surface area contributed by atoms with Gasteiger partial charge >= 0.3 is 0 Å². The second-order valence-electron chi connectivity index (χ2n) is 5.95. The smallest absolute Gasteiger partial charge is 0.260 e. The highest BCUT2D eigenvalue weighted by atomic mass is 16.5. The van der Waals surface area contributed by atoms with Crippen LogP contribution in [-0.4, -0.2) is 43.7 Å². The van der Waals surface area contributed by atoms with Crippen molar-refractivity contribution in [3.8, 4) is 11.5 Å². The quantitative estimate of drug-likeness (QED) is 0.903. The summed E-state index contributed by atoms with van der Waals surface area (Å²) in [5.41, 5.74) is 6.92. The van der Waals surface area contributed by atoms with Crippen LogP contribution in [0, 0.1) is 12.8 Å². The number of piperidine rings is 1. The molecule has 122 valence electrons. The van der Waals surface area contributed by atoms with Gasteiger partial charge in [0.05, 0.1) is 7.11 Å². The van der Waals surface area contributed by atoms with Gasteiger partial charge in [-0.2, -0.15) is 0 Å². The zero-order chi connectivity index (χ0) is 16.1. The molecule has 1 aromatic rings. The fourth-order valence-electron chi connectivity index (χ4n) is 3.03. The maximum absolute atomic E-state index is 12.5. The molecule has 0 unspecified atom stereocenters. The van der Waals surface area contributed by atoms with Gasteiger partial charge in [0.2, 0.25) is 0 Å². The van der Waals surface area contributed by atoms with Crippen LogP contribution in [0.25, 0.3) is 0 Å². The molecule has 2 N–H and O–H groups in total. The van der Waals surface area contributed by atoms with E-state index in [1.807, 2.05) is 30.0 Å². The first-order valence-corrected chi connectivity index (χ1v) is 7.83. The molecule has 22 heavy (non-hydrogen) atoms. The van der Waals surface area contributed by atoms with Gasteiger partial charge in [0.15, 0.2) is 18.1 Å². The van der Waals surface area contributed by atoms with Crippen molar-refractivity contribution in [1.29, 1.82) is 0 Å². The molecule has 2 atom stereocenters. The van der Waals surface area contributed by atoms with Crippen LogP contribution in [0.3, 0.4) is 0 Å². The average Bonchev–Trinajstić information content (AvgIpc) is 2.52. The van der Waals surface area contributed by atoms with Crippen LogP contribution in [0.5, 0.6) is 11.5 Å². The molecular weight excluding hydrogens is 280 g/mol. The summed E-state index contributed by atoms with van der Waals surface area (Å²) in [5, 5.41) is 0. The number of carbonyl (C=O) groups is 1. The Kier molecular flexibility index (Phi) is 5.66. The van der Waals surface area contributed by atoms with Crippen LogP contribution in [0.4, 0.5) is 0 Å². The van der Waals surface area contributed by atoms with Crippen LogP contribution < -0.4 is 15.2 Å². The summed E-state index contributed by atoms with van der Waals surface area (Å²) >= 11 is 0. The minimum Gasteiger partial charge on any atom is -0.493 e. The number of benzene rings is 1. The van der Waals surface area contributed by atoms with E-state index in [1.165, 1.54) is 0 Å². The number of likely N-dealkylation sites (tertiary alicyclic amines) is 1. The molecule has 5 nitrogen and oxygen atoms in total. The van der Waals surface area contributed by atoms with Crippen LogP contribution in [0.15, 0.2) is 18.2 Å². The summed E-state index contributed by atoms with van der Waals surface area (Å²) in [5.74, 6) is 1.67. The molecule has 0 aliphatic carbocycles. The molecule has 0 bridgehead atoms. The van der Waals surface area contributed by atoms with Gasteiger partial charge in [0.1, 0.15) is 0 Å². The van der Waals surface area contributed by atoms with Crippen molar-refractivity contribution < 1.29 is 14.3 Å². The van der Waals surface area contributed by atoms with Crippen LogP contribution in [0.2, 0.25) is 0 Å². The first-order chi connectivity index (χ1) is 10.6. The van der Waals surface area contributed by atoms with E-state index in [0.717, 1.165) is 24.9 Å². The maximum atomic E-state index is 12.5. The number of hydrogen-bond donors (Lipinski definition) is 1. The van der Waals surface area contributed by atoms with E-state index in [2.05, 4.69) is 6.92 Å².